The van der Waals surface area contributed by atoms with Gasteiger partial charge in [-0.05, 0) is 42.0 Å². The minimum atomic E-state index is -1.12. The van der Waals surface area contributed by atoms with E-state index in [1.807, 2.05) is 4.90 Å². The average Bonchev–Trinajstić information content (AvgIpc) is 3.01. The van der Waals surface area contributed by atoms with Gasteiger partial charge in [-0.25, -0.2) is 9.78 Å². The zero-order valence-electron chi connectivity index (χ0n) is 12.2. The molecule has 0 aromatic carbocycles. The van der Waals surface area contributed by atoms with Crippen LogP contribution in [-0.2, 0) is 6.42 Å². The van der Waals surface area contributed by atoms with Crippen molar-refractivity contribution < 1.29 is 14.7 Å². The molecule has 22 heavy (non-hydrogen) atoms. The van der Waals surface area contributed by atoms with Gasteiger partial charge in [0.25, 0.3) is 5.91 Å². The average molecular weight is 316 g/mol. The molecule has 2 aromatic rings. The van der Waals surface area contributed by atoms with Gasteiger partial charge in [0.1, 0.15) is 11.4 Å². The maximum atomic E-state index is 12.7. The van der Waals surface area contributed by atoms with Crippen molar-refractivity contribution in [1.29, 1.82) is 0 Å². The number of aromatic carboxylic acids is 1. The summed E-state index contributed by atoms with van der Waals surface area (Å²) >= 11 is 1.73. The predicted octanol–water partition coefficient (Wildman–Crippen LogP) is 2.99. The molecule has 0 fully saturated rings. The van der Waals surface area contributed by atoms with Crippen molar-refractivity contribution in [3.05, 3.63) is 51.5 Å². The van der Waals surface area contributed by atoms with Crippen LogP contribution in [0.4, 0.5) is 0 Å². The number of aromatic nitrogens is 1. The first-order valence-electron chi connectivity index (χ1n) is 7.19. The molecule has 1 aliphatic heterocycles. The monoisotopic (exact) mass is 316 g/mol. The van der Waals surface area contributed by atoms with E-state index in [1.54, 1.807) is 23.5 Å². The van der Waals surface area contributed by atoms with Crippen molar-refractivity contribution in [2.75, 3.05) is 6.54 Å². The molecule has 0 saturated carbocycles. The van der Waals surface area contributed by atoms with Crippen LogP contribution in [0.2, 0.25) is 0 Å². The first-order chi connectivity index (χ1) is 10.6. The van der Waals surface area contributed by atoms with Crippen LogP contribution in [-0.4, -0.2) is 33.4 Å². The van der Waals surface area contributed by atoms with Crippen LogP contribution in [0.1, 0.15) is 50.8 Å². The Morgan fingerprint density at radius 3 is 2.86 bits per heavy atom. The summed E-state index contributed by atoms with van der Waals surface area (Å²) in [5, 5.41) is 11.1. The molecule has 5 nitrogen and oxygen atoms in total. The van der Waals surface area contributed by atoms with E-state index >= 15 is 0 Å². The first kappa shape index (κ1) is 14.7. The number of carbonyl (C=O) groups excluding carboxylic acids is 1. The smallest absolute Gasteiger partial charge is 0.354 e. The number of hydrogen-bond donors (Lipinski definition) is 1. The van der Waals surface area contributed by atoms with Gasteiger partial charge in [0.2, 0.25) is 0 Å². The second kappa shape index (κ2) is 5.88. The van der Waals surface area contributed by atoms with Crippen molar-refractivity contribution in [1.82, 2.24) is 9.88 Å². The third-order valence-electron chi connectivity index (χ3n) is 3.93. The first-order valence-corrected chi connectivity index (χ1v) is 8.07. The molecular weight excluding hydrogens is 300 g/mol. The van der Waals surface area contributed by atoms with Gasteiger partial charge in [-0.3, -0.25) is 4.79 Å². The minimum Gasteiger partial charge on any atom is -0.477 e. The summed E-state index contributed by atoms with van der Waals surface area (Å²) in [5.74, 6) is -1.33. The van der Waals surface area contributed by atoms with Crippen LogP contribution in [0.25, 0.3) is 0 Å². The van der Waals surface area contributed by atoms with Crippen molar-refractivity contribution in [2.24, 2.45) is 0 Å². The second-order valence-electron chi connectivity index (χ2n) is 5.18. The van der Waals surface area contributed by atoms with Gasteiger partial charge in [-0.1, -0.05) is 13.0 Å². The molecule has 2 aromatic heterocycles. The highest BCUT2D eigenvalue weighted by Gasteiger charge is 2.31. The molecule has 3 rings (SSSR count). The summed E-state index contributed by atoms with van der Waals surface area (Å²) < 4.78 is 0. The summed E-state index contributed by atoms with van der Waals surface area (Å²) in [5.41, 5.74) is 1.30. The van der Waals surface area contributed by atoms with E-state index in [-0.39, 0.29) is 23.3 Å². The van der Waals surface area contributed by atoms with Gasteiger partial charge in [0.05, 0.1) is 6.04 Å². The largest absolute Gasteiger partial charge is 0.477 e. The van der Waals surface area contributed by atoms with Crippen LogP contribution < -0.4 is 0 Å². The minimum absolute atomic E-state index is 0.0396. The highest BCUT2D eigenvalue weighted by molar-refractivity contribution is 7.10. The van der Waals surface area contributed by atoms with E-state index in [0.29, 0.717) is 6.54 Å². The SMILES string of the molecule is CCC1c2ccsc2CCN1C(=O)c1cccc(C(=O)O)n1. The van der Waals surface area contributed by atoms with E-state index in [0.717, 1.165) is 12.8 Å². The van der Waals surface area contributed by atoms with E-state index in [4.69, 9.17) is 5.11 Å². The number of pyridine rings is 1. The van der Waals surface area contributed by atoms with E-state index in [1.165, 1.54) is 16.5 Å². The Morgan fingerprint density at radius 2 is 2.14 bits per heavy atom. The predicted molar refractivity (Wildman–Crippen MR) is 83.3 cm³/mol. The quantitative estimate of drug-likeness (QED) is 0.945. The molecule has 114 valence electrons. The van der Waals surface area contributed by atoms with Crippen LogP contribution in [0.15, 0.2) is 29.6 Å². The summed E-state index contributed by atoms with van der Waals surface area (Å²) in [4.78, 5) is 30.9. The van der Waals surface area contributed by atoms with Crippen molar-refractivity contribution in [3.63, 3.8) is 0 Å². The summed E-state index contributed by atoms with van der Waals surface area (Å²) in [6, 6.07) is 6.64. The third kappa shape index (κ3) is 2.50. The molecule has 1 atom stereocenters. The highest BCUT2D eigenvalue weighted by Crippen LogP contribution is 2.35. The lowest BCUT2D eigenvalue weighted by atomic mass is 9.97. The normalized spacial score (nSPS) is 17.1. The molecule has 6 heteroatoms. The standard InChI is InChI=1S/C16H16N2O3S/c1-2-13-10-7-9-22-14(10)6-8-18(13)15(19)11-4-3-5-12(17-11)16(20)21/h3-5,7,9,13H,2,6,8H2,1H3,(H,20,21). The number of carboxylic acids is 1. The highest BCUT2D eigenvalue weighted by atomic mass is 32.1. The van der Waals surface area contributed by atoms with E-state index in [2.05, 4.69) is 23.4 Å². The number of carbonyl (C=O) groups is 2. The topological polar surface area (TPSA) is 70.5 Å². The summed E-state index contributed by atoms with van der Waals surface area (Å²) in [6.45, 7) is 2.70. The van der Waals surface area contributed by atoms with Crippen LogP contribution in [0.5, 0.6) is 0 Å². The maximum absolute atomic E-state index is 12.7. The molecule has 0 spiro atoms. The van der Waals surface area contributed by atoms with Gasteiger partial charge in [-0.15, -0.1) is 11.3 Å². The fraction of sp³-hybridized carbons (Fsp3) is 0.312. The fourth-order valence-electron chi connectivity index (χ4n) is 2.90. The Labute approximate surface area is 132 Å². The molecule has 1 amide bonds. The molecular formula is C16H16N2O3S. The lowest BCUT2D eigenvalue weighted by Crippen LogP contribution is -2.39. The molecule has 0 bridgehead atoms. The number of carboxylic acid groups (broad SMARTS) is 1. The number of rotatable bonds is 3. The van der Waals surface area contributed by atoms with Crippen LogP contribution in [0, 0.1) is 0 Å². The lowest BCUT2D eigenvalue weighted by Gasteiger charge is -2.35. The van der Waals surface area contributed by atoms with Gasteiger partial charge in [-0.2, -0.15) is 0 Å². The molecule has 0 radical (unpaired) electrons. The van der Waals surface area contributed by atoms with Crippen molar-refractivity contribution >= 4 is 23.2 Å². The zero-order chi connectivity index (χ0) is 15.7. The lowest BCUT2D eigenvalue weighted by molar-refractivity contribution is 0.0650. The maximum Gasteiger partial charge on any atom is 0.354 e. The van der Waals surface area contributed by atoms with E-state index in [9.17, 15) is 9.59 Å². The molecule has 1 aliphatic rings. The van der Waals surface area contributed by atoms with Crippen LogP contribution >= 0.6 is 11.3 Å². The number of thiophene rings is 1. The Bertz CT molecular complexity index is 726. The third-order valence-corrected chi connectivity index (χ3v) is 4.93. The molecule has 0 saturated heterocycles. The summed E-state index contributed by atoms with van der Waals surface area (Å²) in [7, 11) is 0. The van der Waals surface area contributed by atoms with Gasteiger partial charge in [0.15, 0.2) is 0 Å². The van der Waals surface area contributed by atoms with Gasteiger partial charge in [0, 0.05) is 11.4 Å². The number of fused-ring (bicyclic) bond motifs is 1. The van der Waals surface area contributed by atoms with Crippen LogP contribution in [0.3, 0.4) is 0 Å². The Kier molecular flexibility index (Phi) is 3.94. The Balaban J connectivity index is 1.92. The summed E-state index contributed by atoms with van der Waals surface area (Å²) in [6.07, 6.45) is 1.67. The Hall–Kier alpha value is -2.21. The number of amides is 1. The van der Waals surface area contributed by atoms with Crippen molar-refractivity contribution in [2.45, 2.75) is 25.8 Å². The van der Waals surface area contributed by atoms with Crippen molar-refractivity contribution in [3.8, 4) is 0 Å². The molecule has 0 aliphatic carbocycles. The molecule has 3 heterocycles. The fourth-order valence-corrected chi connectivity index (χ4v) is 3.83. The number of hydrogen-bond acceptors (Lipinski definition) is 4. The molecule has 1 unspecified atom stereocenters. The number of nitrogens with zero attached hydrogens (tertiary/aromatic N) is 2. The van der Waals surface area contributed by atoms with E-state index < -0.39 is 5.97 Å². The Morgan fingerprint density at radius 1 is 1.36 bits per heavy atom. The zero-order valence-corrected chi connectivity index (χ0v) is 13.0. The molecule has 1 N–H and O–H groups in total. The second-order valence-corrected chi connectivity index (χ2v) is 6.19. The van der Waals surface area contributed by atoms with Gasteiger partial charge < -0.3 is 10.0 Å². The van der Waals surface area contributed by atoms with Gasteiger partial charge >= 0.3 is 5.97 Å².